The van der Waals surface area contributed by atoms with E-state index >= 15 is 0 Å². The fraction of sp³-hybridized carbons (Fsp3) is 0.496. The second-order valence-electron chi connectivity index (χ2n) is 38.5. The number of nitrogens with two attached hydrogens (primary N) is 1. The molecule has 22 heteroatoms. The summed E-state index contributed by atoms with van der Waals surface area (Å²) in [6.45, 7) is 12.6. The van der Waals surface area contributed by atoms with Crippen LogP contribution in [0.1, 0.15) is 208 Å². The lowest BCUT2D eigenvalue weighted by Gasteiger charge is -2.34. The molecule has 6 aromatic rings. The van der Waals surface area contributed by atoms with E-state index in [9.17, 15) is 48.9 Å². The van der Waals surface area contributed by atoms with Gasteiger partial charge in [-0.05, 0) is 280 Å². The van der Waals surface area contributed by atoms with Crippen LogP contribution in [0.2, 0.25) is 0 Å². The number of hydrogen-bond acceptors (Lipinski definition) is 22. The van der Waals surface area contributed by atoms with Gasteiger partial charge in [-0.25, -0.2) is 5.90 Å². The minimum absolute atomic E-state index is 0. The van der Waals surface area contributed by atoms with Gasteiger partial charge in [-0.1, -0.05) is 212 Å². The number of nitrogens with zero attached hydrogens (tertiary/aromatic N) is 2. The van der Waals surface area contributed by atoms with Crippen LogP contribution in [0.5, 0.6) is 34.5 Å². The van der Waals surface area contributed by atoms with Crippen LogP contribution in [0.25, 0.3) is 0 Å². The first-order chi connectivity index (χ1) is 64.5. The molecule has 24 atom stereocenters. The van der Waals surface area contributed by atoms with E-state index in [0.717, 1.165) is 127 Å². The van der Waals surface area contributed by atoms with E-state index in [1.54, 1.807) is 6.92 Å². The molecule has 0 bridgehead atoms. The smallest absolute Gasteiger partial charge is 0.306 e. The standard InChI is InChI=1S/2C37H43NO6.C24H32O5.C13H13NO2.2CH4/c2*1-3-27-10-7-11-35(39)23(2)37(41)34-20-32-30(33(34)21-36(40)44-27)17-14-25-18-26(19-31(25)32)38-42-22-24-12-15-29(16-13-24)43-28-8-5-4-6-9-28;1-3-16-5-4-6-22(26)13(2)24(28)21-11-19-17(20(21)12-23(27)29-16)8-7-14-9-15(25)10-18(14)19;14-15-10-11-6-8-13(9-7-11)16-12-4-2-1-3-5-12;;/h2*4-6,8-9,12-17,20,23,25,27,30-33,35,39H,3,7,10-11,18-19,21-22H2,1-2H3;7-8,11,13-14,16-20,22,26H,3-6,9-10,12H2,1-2H3;1-9H,10,14H2;2*1H4/b38-26+;38-26-;;;;/t2*23-,25-,27+,30-,31-,32-,33+,35+;13-,14-,16+,17-,18-,19-,20+,22+;;;/m111.../s1. The Kier molecular flexibility index (Phi) is 36.2. The number of benzene rings is 6. The summed E-state index contributed by atoms with van der Waals surface area (Å²) in [6, 6.07) is 52.3. The third-order valence-corrected chi connectivity index (χ3v) is 29.9. The van der Waals surface area contributed by atoms with Crippen molar-refractivity contribution in [3.05, 3.63) is 252 Å². The van der Waals surface area contributed by atoms with Crippen LogP contribution >= 0.6 is 0 Å². The van der Waals surface area contributed by atoms with Crippen molar-refractivity contribution in [2.24, 2.45) is 123 Å². The number of oxime groups is 2. The maximum Gasteiger partial charge on any atom is 0.306 e. The summed E-state index contributed by atoms with van der Waals surface area (Å²) in [5.41, 5.74) is 7.15. The van der Waals surface area contributed by atoms with E-state index in [2.05, 4.69) is 63.8 Å². The molecule has 12 aliphatic rings. The van der Waals surface area contributed by atoms with Gasteiger partial charge in [0.25, 0.3) is 0 Å². The maximum absolute atomic E-state index is 13.7. The second-order valence-corrected chi connectivity index (χ2v) is 38.5. The van der Waals surface area contributed by atoms with Crippen molar-refractivity contribution in [3.63, 3.8) is 0 Å². The van der Waals surface area contributed by atoms with Gasteiger partial charge in [-0.15, -0.1) is 0 Å². The molecule has 6 fully saturated rings. The first-order valence-corrected chi connectivity index (χ1v) is 48.7. The largest absolute Gasteiger partial charge is 0.462 e. The topological polar surface area (TPSA) is 314 Å². The fourth-order valence-electron chi connectivity index (χ4n) is 22.3. The monoisotopic (exact) mass is 1840 g/mol. The summed E-state index contributed by atoms with van der Waals surface area (Å²) in [5.74, 6) is 9.35. The fourth-order valence-corrected chi connectivity index (χ4v) is 22.3. The number of allylic oxidation sites excluding steroid dienone is 12. The summed E-state index contributed by atoms with van der Waals surface area (Å²) in [4.78, 5) is 108. The van der Waals surface area contributed by atoms with Gasteiger partial charge in [-0.2, -0.15) is 0 Å². The number of ether oxygens (including phenoxy) is 6. The molecule has 0 unspecified atom stereocenters. The number of aliphatic hydroxyl groups excluding tert-OH is 3. The number of fused-ring (bicyclic) bond motifs is 15. The van der Waals surface area contributed by atoms with Crippen LogP contribution in [-0.2, 0) is 82.1 Å². The lowest BCUT2D eigenvalue weighted by Crippen LogP contribution is -2.33. The Hall–Kier alpha value is -11.0. The normalized spacial score (nSPS) is 31.8. The third kappa shape index (κ3) is 25.6. The van der Waals surface area contributed by atoms with Crippen LogP contribution in [0.15, 0.2) is 246 Å². The zero-order valence-electron chi connectivity index (χ0n) is 77.5. The number of rotatable bonds is 17. The number of carbonyl (C=O) groups is 7. The number of Topliss-reactive ketones (excluding diaryl/α,β-unsaturated/α-hetero) is 4. The van der Waals surface area contributed by atoms with Crippen molar-refractivity contribution in [1.82, 2.24) is 0 Å². The van der Waals surface area contributed by atoms with E-state index < -0.39 is 36.1 Å². The number of para-hydroxylation sites is 3. The molecule has 6 aromatic carbocycles. The van der Waals surface area contributed by atoms with E-state index in [1.807, 2.05) is 204 Å². The molecule has 22 nitrogen and oxygen atoms in total. The van der Waals surface area contributed by atoms with E-state index in [4.69, 9.17) is 44.0 Å². The molecule has 0 spiro atoms. The van der Waals surface area contributed by atoms with Crippen LogP contribution in [-0.4, -0.2) is 104 Å². The minimum atomic E-state index is -0.697. The highest BCUT2D eigenvalue weighted by molar-refractivity contribution is 6.01. The Balaban J connectivity index is 0.000000160. The van der Waals surface area contributed by atoms with Crippen LogP contribution in [0, 0.1) is 107 Å². The van der Waals surface area contributed by atoms with Crippen molar-refractivity contribution >= 4 is 52.5 Å². The van der Waals surface area contributed by atoms with Crippen molar-refractivity contribution in [2.75, 3.05) is 0 Å². The molecule has 3 aliphatic heterocycles. The lowest BCUT2D eigenvalue weighted by atomic mass is 9.70. The number of aliphatic hydroxyl groups is 3. The van der Waals surface area contributed by atoms with Gasteiger partial charge in [0.05, 0.1) is 55.6 Å². The predicted molar refractivity (Wildman–Crippen MR) is 519 cm³/mol. The van der Waals surface area contributed by atoms with E-state index in [1.165, 1.54) is 0 Å². The predicted octanol–water partition coefficient (Wildman–Crippen LogP) is 21.9. The molecular formula is C113H139N3O19. The number of hydrogen-bond donors (Lipinski definition) is 4. The first-order valence-electron chi connectivity index (χ1n) is 48.7. The summed E-state index contributed by atoms with van der Waals surface area (Å²) >= 11 is 0. The van der Waals surface area contributed by atoms with Gasteiger partial charge in [0.15, 0.2) is 17.3 Å². The Bertz CT molecular complexity index is 5020. The SMILES string of the molecule is C.C.CC[C@H]1CCC[C@H](O)[C@@H](C)C(=O)C2=C[C@@H]3[C@@H](C=C[C@@H]4C/C(=N/OCc5ccc(Oc6ccccc6)cc5)C[C@@H]34)[C@@H]2CC(=O)O1.CC[C@H]1CCC[C@H](O)[C@@H](C)C(=O)C2=C[C@@H]3[C@@H](C=C[C@@H]4C/C(=N\OCc5ccc(Oc6ccccc6)cc5)C[C@@H]34)[C@@H]2CC(=O)O1.CC[C@H]1CCC[C@H](O)[C@@H](C)C(=O)C2=C[C@@H]3[C@@H](C=C[C@@H]4CC(=O)C[C@@H]34)[C@@H]2CC(=O)O1.NOCc1ccc(Oc2ccccc2)cc1. The Morgan fingerprint density at radius 3 is 0.933 bits per heavy atom. The Labute approximate surface area is 796 Å². The number of cyclic esters (lactones) is 3. The Morgan fingerprint density at radius 2 is 0.630 bits per heavy atom. The Morgan fingerprint density at radius 1 is 0.341 bits per heavy atom. The molecule has 135 heavy (non-hydrogen) atoms. The molecule has 18 rings (SSSR count). The van der Waals surface area contributed by atoms with Gasteiger partial charge in [-0.3, -0.25) is 38.4 Å². The maximum atomic E-state index is 13.7. The molecule has 0 radical (unpaired) electrons. The quantitative estimate of drug-likeness (QED) is 0.0285. The zero-order chi connectivity index (χ0) is 93.2. The molecule has 3 heterocycles. The van der Waals surface area contributed by atoms with Crippen molar-refractivity contribution in [1.29, 1.82) is 0 Å². The van der Waals surface area contributed by atoms with Crippen molar-refractivity contribution in [3.8, 4) is 34.5 Å². The summed E-state index contributed by atoms with van der Waals surface area (Å²) in [6.07, 6.45) is 30.1. The molecule has 5 N–H and O–H groups in total. The molecule has 0 aromatic heterocycles. The van der Waals surface area contributed by atoms with Gasteiger partial charge < -0.3 is 53.4 Å². The lowest BCUT2D eigenvalue weighted by molar-refractivity contribution is -0.152. The molecule has 9 aliphatic carbocycles. The molecule has 3 saturated carbocycles. The average molecular weight is 1840 g/mol. The molecule has 720 valence electrons. The first kappa shape index (κ1) is 101. The van der Waals surface area contributed by atoms with Crippen LogP contribution < -0.4 is 20.1 Å². The summed E-state index contributed by atoms with van der Waals surface area (Å²) < 4.78 is 34.8. The van der Waals surface area contributed by atoms with Crippen molar-refractivity contribution < 1.29 is 91.8 Å². The van der Waals surface area contributed by atoms with Gasteiger partial charge in [0.2, 0.25) is 0 Å². The molecule has 0 amide bonds. The van der Waals surface area contributed by atoms with Gasteiger partial charge in [0.1, 0.15) is 71.8 Å². The minimum Gasteiger partial charge on any atom is -0.462 e. The van der Waals surface area contributed by atoms with Gasteiger partial charge >= 0.3 is 17.9 Å². The third-order valence-electron chi connectivity index (χ3n) is 29.9. The highest BCUT2D eigenvalue weighted by Crippen LogP contribution is 2.57. The van der Waals surface area contributed by atoms with Crippen molar-refractivity contribution in [2.45, 2.75) is 248 Å². The van der Waals surface area contributed by atoms with Crippen LogP contribution in [0.4, 0.5) is 0 Å². The molecular weight excluding hydrogens is 1700 g/mol. The summed E-state index contributed by atoms with van der Waals surface area (Å²) in [5, 5.41) is 41.3. The van der Waals surface area contributed by atoms with Gasteiger partial charge in [0, 0.05) is 48.3 Å². The summed E-state index contributed by atoms with van der Waals surface area (Å²) in [7, 11) is 0. The van der Waals surface area contributed by atoms with E-state index in [-0.39, 0.29) is 159 Å². The molecule has 3 saturated heterocycles. The zero-order valence-corrected chi connectivity index (χ0v) is 77.5. The number of ketones is 4. The highest BCUT2D eigenvalue weighted by Gasteiger charge is 2.54. The number of carbonyl (C=O) groups excluding carboxylic acids is 7. The van der Waals surface area contributed by atoms with Crippen LogP contribution in [0.3, 0.4) is 0 Å². The van der Waals surface area contributed by atoms with E-state index in [0.29, 0.717) is 112 Å². The highest BCUT2D eigenvalue weighted by atomic mass is 16.6. The number of esters is 3. The second kappa shape index (κ2) is 48.1. The average Bonchev–Trinajstić information content (AvgIpc) is 1.61.